The molecule has 147 heavy (non-hydrogen) atoms. The molecule has 8 N–H and O–H groups in total. The average molecular weight is 2050 g/mol. The molecule has 4 fully saturated rings. The van der Waals surface area contributed by atoms with Gasteiger partial charge in [-0.2, -0.15) is 73.1 Å². The normalized spacial score (nSPS) is 13.7. The predicted molar refractivity (Wildman–Crippen MR) is 518 cm³/mol. The van der Waals surface area contributed by atoms with Crippen molar-refractivity contribution in [1.82, 2.24) is 98.6 Å². The number of piperazine rings is 4. The number of anilines is 4. The molecule has 4 aliphatic heterocycles. The van der Waals surface area contributed by atoms with Crippen LogP contribution in [0.15, 0.2) is 256 Å². The number of carboxylic acid groups (broad SMARTS) is 4. The third kappa shape index (κ3) is 30.5. The van der Waals surface area contributed by atoms with Gasteiger partial charge in [-0.15, -0.1) is 0 Å². The number of halogens is 12. The smallest absolute Gasteiger partial charge is 0.490 e. The average Bonchev–Trinajstić information content (AvgIpc) is 1.63. The fraction of sp³-hybridized carbons (Fsp3) is 0.309. The van der Waals surface area contributed by atoms with Gasteiger partial charge in [0.2, 0.25) is 23.8 Å². The molecule has 0 aliphatic carbocycles. The number of aryl methyl sites for hydroxylation is 3. The van der Waals surface area contributed by atoms with E-state index in [1.807, 2.05) is 153 Å². The van der Waals surface area contributed by atoms with Crippen molar-refractivity contribution in [3.63, 3.8) is 0 Å². The van der Waals surface area contributed by atoms with Crippen LogP contribution in [0.2, 0.25) is 0 Å². The van der Waals surface area contributed by atoms with Gasteiger partial charge in [0.25, 0.3) is 22.2 Å². The van der Waals surface area contributed by atoms with Gasteiger partial charge in [-0.1, -0.05) is 200 Å². The number of benzene rings is 7. The number of aromatic nitrogens is 16. The highest BCUT2D eigenvalue weighted by Gasteiger charge is 2.41. The van der Waals surface area contributed by atoms with E-state index in [1.165, 1.54) is 19.6 Å². The number of carbonyl (C=O) groups is 5. The number of alkyl halides is 12. The Hall–Kier alpha value is -16.5. The quantitative estimate of drug-likeness (QED) is 0.0231. The molecule has 0 spiro atoms. The van der Waals surface area contributed by atoms with Crippen LogP contribution >= 0.6 is 0 Å². The number of carboxylic acids is 4. The molecule has 19 rings (SSSR count). The number of nitrogens with zero attached hydrogens (tertiary/aromatic N) is 20. The first-order chi connectivity index (χ1) is 70.3. The summed E-state index contributed by atoms with van der Waals surface area (Å²) in [7, 11) is 1.67. The summed E-state index contributed by atoms with van der Waals surface area (Å²) in [5.74, 6) is -7.13. The molecule has 7 aromatic carbocycles. The number of imidazole rings is 4. The number of Topliss-reactive ketones (excluding diaryl/α,β-unsaturated/α-hetero) is 1. The maximum atomic E-state index is 13.5. The van der Waals surface area contributed by atoms with Crippen LogP contribution in [-0.4, -0.2) is 263 Å². The van der Waals surface area contributed by atoms with Gasteiger partial charge in [-0.05, 0) is 46.4 Å². The van der Waals surface area contributed by atoms with Crippen molar-refractivity contribution in [3.8, 4) is 5.75 Å². The van der Waals surface area contributed by atoms with Gasteiger partial charge in [-0.3, -0.25) is 24.0 Å². The maximum absolute atomic E-state index is 13.5. The Morgan fingerprint density at radius 2 is 0.558 bits per heavy atom. The first-order valence-corrected chi connectivity index (χ1v) is 45.6. The van der Waals surface area contributed by atoms with E-state index in [1.54, 1.807) is 60.8 Å². The number of hydrogen-bond donors (Lipinski definition) is 8. The third-order valence-electron chi connectivity index (χ3n) is 22.5. The van der Waals surface area contributed by atoms with Crippen molar-refractivity contribution < 1.29 is 102 Å². The van der Waals surface area contributed by atoms with Gasteiger partial charge in [0.05, 0.1) is 57.5 Å². The molecule has 38 nitrogen and oxygen atoms in total. The van der Waals surface area contributed by atoms with E-state index in [2.05, 4.69) is 114 Å². The van der Waals surface area contributed by atoms with Crippen LogP contribution in [0, 0.1) is 0 Å². The summed E-state index contributed by atoms with van der Waals surface area (Å²) in [5, 5.41) is 59.1. The van der Waals surface area contributed by atoms with E-state index >= 15 is 0 Å². The number of fused-ring (bicyclic) bond motifs is 4. The third-order valence-corrected chi connectivity index (χ3v) is 22.5. The Balaban J connectivity index is 0.000000160. The second kappa shape index (κ2) is 51.1. The highest BCUT2D eigenvalue weighted by molar-refractivity contribution is 5.96. The van der Waals surface area contributed by atoms with E-state index in [4.69, 9.17) is 64.3 Å². The zero-order valence-corrected chi connectivity index (χ0v) is 78.5. The molecule has 0 amide bonds. The summed E-state index contributed by atoms with van der Waals surface area (Å²) >= 11 is 0. The van der Waals surface area contributed by atoms with Crippen molar-refractivity contribution >= 4 is 97.6 Å². The fourth-order valence-corrected chi connectivity index (χ4v) is 15.4. The summed E-state index contributed by atoms with van der Waals surface area (Å²) in [5.41, 5.74) is 10.4. The molecule has 0 saturated carbocycles. The molecular weight excluding hydrogens is 1950 g/mol. The monoisotopic (exact) mass is 2050 g/mol. The Labute approximate surface area is 827 Å². The number of aliphatic carboxylic acids is 4. The number of hydrogen-bond acceptors (Lipinski definition) is 26. The highest BCUT2D eigenvalue weighted by Crippen LogP contribution is 2.29. The van der Waals surface area contributed by atoms with Gasteiger partial charge >= 0.3 is 48.6 Å². The van der Waals surface area contributed by atoms with E-state index in [9.17, 15) is 76.7 Å². The summed E-state index contributed by atoms with van der Waals surface area (Å²) in [6.07, 6.45) is -12.9. The minimum absolute atomic E-state index is 0.0850. The Bertz CT molecular complexity index is 7040. The summed E-state index contributed by atoms with van der Waals surface area (Å²) in [6.45, 7) is 17.5. The van der Waals surface area contributed by atoms with Gasteiger partial charge in [0, 0.05) is 124 Å². The lowest BCUT2D eigenvalue weighted by Crippen LogP contribution is -2.44. The van der Waals surface area contributed by atoms with E-state index in [0.29, 0.717) is 95.6 Å². The van der Waals surface area contributed by atoms with Crippen LogP contribution in [0.3, 0.4) is 0 Å². The van der Waals surface area contributed by atoms with Crippen molar-refractivity contribution in [1.29, 1.82) is 0 Å². The summed E-state index contributed by atoms with van der Waals surface area (Å²) < 4.78 is 146. The maximum Gasteiger partial charge on any atom is 0.490 e. The Morgan fingerprint density at radius 3 is 0.844 bits per heavy atom. The van der Waals surface area contributed by atoms with Gasteiger partial charge in [0.1, 0.15) is 63.0 Å². The molecular formula is C97H100F12N24O14. The molecule has 0 unspecified atom stereocenters. The van der Waals surface area contributed by atoms with E-state index in [-0.39, 0.29) is 34.6 Å². The largest absolute Gasteiger partial charge is 0.492 e. The second-order valence-electron chi connectivity index (χ2n) is 32.7. The van der Waals surface area contributed by atoms with Crippen LogP contribution < -0.4 is 67.8 Å². The van der Waals surface area contributed by atoms with Crippen molar-refractivity contribution in [2.24, 2.45) is 7.05 Å². The summed E-state index contributed by atoms with van der Waals surface area (Å²) in [4.78, 5) is 129. The lowest BCUT2D eigenvalue weighted by molar-refractivity contribution is -0.193. The summed E-state index contributed by atoms with van der Waals surface area (Å²) in [6, 6.07) is 69.3. The molecule has 0 atom stereocenters. The van der Waals surface area contributed by atoms with E-state index in [0.717, 1.165) is 163 Å². The molecule has 8 aromatic heterocycles. The molecule has 776 valence electrons. The molecule has 4 aliphatic rings. The Morgan fingerprint density at radius 1 is 0.320 bits per heavy atom. The first-order valence-electron chi connectivity index (χ1n) is 45.6. The van der Waals surface area contributed by atoms with Gasteiger partial charge in [-0.25, -0.2) is 57.8 Å². The number of carbonyl (C=O) groups excluding carboxylic acids is 1. The molecule has 50 heteroatoms. The van der Waals surface area contributed by atoms with Crippen LogP contribution in [0.4, 0.5) is 76.5 Å². The SMILES string of the molecule is Cn1ncc2nc(N3CCNCC3)n(Cc3ccccc3)c2c1=O.O=C(Cn1ncc2nc(N3CCNCC3)n(Cc3ccccc3)c2c1=O)c1ccccc1.O=C(O)C(F)(F)F.O=C(O)C(F)(F)F.O=C(O)C(F)(F)F.O=C(O)C(F)(F)F.O=c1c2c(cnn1CCOc1ccccc1)nc(N1CCNCC1)n2Cc1ccccc1.O=c1c2c(cnn1CCc1ccccc1)nc(N1CCNCC1)n2Cc1ccccc1. The van der Waals surface area contributed by atoms with Crippen LogP contribution in [-0.2, 0) is 78.5 Å². The molecule has 15 aromatic rings. The Kier molecular flexibility index (Phi) is 38.0. The fourth-order valence-electron chi connectivity index (χ4n) is 15.4. The number of para-hydroxylation sites is 1. The van der Waals surface area contributed by atoms with Crippen LogP contribution in [0.25, 0.3) is 44.1 Å². The van der Waals surface area contributed by atoms with E-state index < -0.39 is 48.6 Å². The predicted octanol–water partition coefficient (Wildman–Crippen LogP) is 9.48. The van der Waals surface area contributed by atoms with Crippen molar-refractivity contribution in [3.05, 3.63) is 312 Å². The van der Waals surface area contributed by atoms with Crippen molar-refractivity contribution in [2.45, 2.75) is 76.9 Å². The first kappa shape index (κ1) is 109. The number of nitrogens with one attached hydrogen (secondary N) is 4. The lowest BCUT2D eigenvalue weighted by atomic mass is 10.1. The molecule has 0 radical (unpaired) electrons. The van der Waals surface area contributed by atoms with Crippen molar-refractivity contribution in [2.75, 3.05) is 131 Å². The number of ketones is 1. The zero-order chi connectivity index (χ0) is 106. The lowest BCUT2D eigenvalue weighted by Gasteiger charge is -2.28. The molecule has 12 heterocycles. The standard InChI is InChI=1S/C24H24N6O2.C24H26N6O2.C24H26N6O.C17H20N6O.4C2HF3O2/c31-21(19-9-5-2-6-10-19)17-30-23(32)22-20(15-26-30)27-24(28-13-11-25-12-14-28)29(22)16-18-7-3-1-4-8-18;31-23-22-21(17-26-30(23)15-16-32-20-9-5-2-6-10-20)27-24(28-13-11-25-12-14-28)29(22)18-19-7-3-1-4-8-19;31-23-22-21(17-26-30(23)14-11-19-7-3-1-4-8-19)27-24(28-15-12-25-13-16-28)29(22)18-20-9-5-2-6-10-20;1-21-16(24)15-14(11-19-21)20-17(22-9-7-18-8-10-22)23(15)12-13-5-3-2-4-6-13;4*3-2(4,5)1(6)7/h1-10,15,25H,11-14,16-17H2;1-10,17,25H,11-16,18H2;1-10,17,25H,11-16,18H2;2-6,11,18H,7-10,12H2,1H3;4*(H,6,7). The minimum atomic E-state index is -5.08. The van der Waals surface area contributed by atoms with Gasteiger partial charge < -0.3 is 84.3 Å². The zero-order valence-electron chi connectivity index (χ0n) is 78.5. The minimum Gasteiger partial charge on any atom is -0.492 e. The second-order valence-corrected chi connectivity index (χ2v) is 32.7. The number of rotatable bonds is 22. The highest BCUT2D eigenvalue weighted by atomic mass is 19.4. The molecule has 4 saturated heterocycles. The number of ether oxygens (including phenoxy) is 1. The van der Waals surface area contributed by atoms with Gasteiger partial charge in [0.15, 0.2) is 5.78 Å². The molecule has 0 bridgehead atoms. The van der Waals surface area contributed by atoms with Crippen LogP contribution in [0.1, 0.15) is 38.2 Å². The topological polar surface area (TPSA) is 447 Å². The van der Waals surface area contributed by atoms with Crippen LogP contribution in [0.5, 0.6) is 5.75 Å².